The van der Waals surface area contributed by atoms with Crippen molar-refractivity contribution in [2.24, 2.45) is 5.92 Å². The van der Waals surface area contributed by atoms with Crippen molar-refractivity contribution in [2.75, 3.05) is 27.2 Å². The quantitative estimate of drug-likeness (QED) is 0.624. The molecule has 0 aliphatic heterocycles. The Morgan fingerprint density at radius 3 is 2.43 bits per heavy atom. The first kappa shape index (κ1) is 12.9. The summed E-state index contributed by atoms with van der Waals surface area (Å²) >= 11 is 0. The predicted molar refractivity (Wildman–Crippen MR) is 53.0 cm³/mol. The second-order valence-corrected chi connectivity index (χ2v) is 3.59. The minimum absolute atomic E-state index is 0.117. The molecule has 0 fully saturated rings. The molecule has 0 aromatic heterocycles. The zero-order valence-electron chi connectivity index (χ0n) is 8.91. The number of amides is 1. The lowest BCUT2D eigenvalue weighted by molar-refractivity contribution is -0.140. The second kappa shape index (κ2) is 6.37. The molecule has 0 saturated carbocycles. The molecule has 5 nitrogen and oxygen atoms in total. The molecule has 2 N–H and O–H groups in total. The molecule has 0 spiro atoms. The number of nitrogens with zero attached hydrogens (tertiary/aromatic N) is 1. The van der Waals surface area contributed by atoms with Gasteiger partial charge >= 0.3 is 5.97 Å². The maximum Gasteiger partial charge on any atom is 0.304 e. The molecule has 0 aliphatic rings. The lowest BCUT2D eigenvalue weighted by Gasteiger charge is -2.12. The highest BCUT2D eigenvalue weighted by atomic mass is 16.4. The molecule has 0 saturated heterocycles. The molecule has 1 unspecified atom stereocenters. The summed E-state index contributed by atoms with van der Waals surface area (Å²) in [5.41, 5.74) is 0. The molecule has 0 bridgehead atoms. The zero-order chi connectivity index (χ0) is 11.1. The second-order valence-electron chi connectivity index (χ2n) is 3.59. The van der Waals surface area contributed by atoms with Crippen LogP contribution in [0.3, 0.4) is 0 Å². The van der Waals surface area contributed by atoms with Crippen LogP contribution in [0.4, 0.5) is 0 Å². The standard InChI is InChI=1S/C9H18N2O3/c1-7(6-8(12)13)9(14)10-4-5-11(2)3/h7H,4-6H2,1-3H3,(H,10,14)(H,12,13). The Hall–Kier alpha value is -1.10. The predicted octanol–water partition coefficient (Wildman–Crippen LogP) is -0.225. The van der Waals surface area contributed by atoms with Crippen molar-refractivity contribution in [3.63, 3.8) is 0 Å². The van der Waals surface area contributed by atoms with Crippen molar-refractivity contribution in [3.8, 4) is 0 Å². The number of rotatable bonds is 6. The third-order valence-corrected chi connectivity index (χ3v) is 1.79. The van der Waals surface area contributed by atoms with Gasteiger partial charge in [0.15, 0.2) is 0 Å². The minimum atomic E-state index is -0.944. The molecule has 0 aromatic carbocycles. The first-order valence-electron chi connectivity index (χ1n) is 4.57. The van der Waals surface area contributed by atoms with E-state index in [1.807, 2.05) is 19.0 Å². The molecule has 1 amide bonds. The highest BCUT2D eigenvalue weighted by molar-refractivity contribution is 5.82. The van der Waals surface area contributed by atoms with Crippen LogP contribution < -0.4 is 5.32 Å². The van der Waals surface area contributed by atoms with Crippen LogP contribution in [0.5, 0.6) is 0 Å². The van der Waals surface area contributed by atoms with E-state index in [0.717, 1.165) is 6.54 Å². The normalized spacial score (nSPS) is 12.6. The first-order chi connectivity index (χ1) is 6.43. The van der Waals surface area contributed by atoms with Gasteiger partial charge in [0.25, 0.3) is 0 Å². The van der Waals surface area contributed by atoms with Crippen LogP contribution >= 0.6 is 0 Å². The number of carboxylic acids is 1. The van der Waals surface area contributed by atoms with E-state index in [1.165, 1.54) is 0 Å². The largest absolute Gasteiger partial charge is 0.481 e. The third-order valence-electron chi connectivity index (χ3n) is 1.79. The fourth-order valence-electron chi connectivity index (χ4n) is 0.932. The van der Waals surface area contributed by atoms with Crippen LogP contribution in [0.1, 0.15) is 13.3 Å². The Bertz CT molecular complexity index is 204. The van der Waals surface area contributed by atoms with E-state index < -0.39 is 11.9 Å². The zero-order valence-corrected chi connectivity index (χ0v) is 8.91. The topological polar surface area (TPSA) is 69.6 Å². The fraction of sp³-hybridized carbons (Fsp3) is 0.778. The molecule has 0 aromatic rings. The van der Waals surface area contributed by atoms with Gasteiger partial charge in [0.05, 0.1) is 6.42 Å². The van der Waals surface area contributed by atoms with Crippen LogP contribution in [-0.4, -0.2) is 49.1 Å². The number of hydrogen-bond donors (Lipinski definition) is 2. The van der Waals surface area contributed by atoms with Crippen molar-refractivity contribution < 1.29 is 14.7 Å². The lowest BCUT2D eigenvalue weighted by Crippen LogP contribution is -2.35. The molecular weight excluding hydrogens is 184 g/mol. The first-order valence-corrected chi connectivity index (χ1v) is 4.57. The summed E-state index contributed by atoms with van der Waals surface area (Å²) in [6.07, 6.45) is -0.117. The fourth-order valence-corrected chi connectivity index (χ4v) is 0.932. The average molecular weight is 202 g/mol. The van der Waals surface area contributed by atoms with Gasteiger partial charge in [0.2, 0.25) is 5.91 Å². The van der Waals surface area contributed by atoms with Gasteiger partial charge in [-0.05, 0) is 14.1 Å². The average Bonchev–Trinajstić information content (AvgIpc) is 2.01. The third kappa shape index (κ3) is 6.42. The highest BCUT2D eigenvalue weighted by Crippen LogP contribution is 2.00. The summed E-state index contributed by atoms with van der Waals surface area (Å²) in [7, 11) is 3.82. The number of carboxylic acid groups (broad SMARTS) is 1. The van der Waals surface area contributed by atoms with E-state index in [-0.39, 0.29) is 12.3 Å². The van der Waals surface area contributed by atoms with Gasteiger partial charge in [0, 0.05) is 19.0 Å². The lowest BCUT2D eigenvalue weighted by atomic mass is 10.1. The van der Waals surface area contributed by atoms with Crippen LogP contribution in [0.2, 0.25) is 0 Å². The maximum atomic E-state index is 11.3. The summed E-state index contributed by atoms with van der Waals surface area (Å²) in [6.45, 7) is 2.92. The number of hydrogen-bond acceptors (Lipinski definition) is 3. The summed E-state index contributed by atoms with van der Waals surface area (Å²) in [6, 6.07) is 0. The van der Waals surface area contributed by atoms with E-state index in [1.54, 1.807) is 6.92 Å². The Morgan fingerprint density at radius 2 is 2.00 bits per heavy atom. The summed E-state index contributed by atoms with van der Waals surface area (Å²) in [5, 5.41) is 11.1. The summed E-state index contributed by atoms with van der Waals surface area (Å²) < 4.78 is 0. The SMILES string of the molecule is CC(CC(=O)O)C(=O)NCCN(C)C. The molecule has 5 heteroatoms. The Labute approximate surface area is 84.1 Å². The number of carbonyl (C=O) groups excluding carboxylic acids is 1. The van der Waals surface area contributed by atoms with Gasteiger partial charge in [-0.1, -0.05) is 6.92 Å². The summed E-state index contributed by atoms with van der Waals surface area (Å²) in [5.74, 6) is -1.61. The van der Waals surface area contributed by atoms with Crippen LogP contribution in [0.15, 0.2) is 0 Å². The van der Waals surface area contributed by atoms with Gasteiger partial charge in [-0.3, -0.25) is 9.59 Å². The molecule has 82 valence electrons. The van der Waals surface area contributed by atoms with Gasteiger partial charge in [-0.2, -0.15) is 0 Å². The van der Waals surface area contributed by atoms with Crippen LogP contribution in [-0.2, 0) is 9.59 Å². The van der Waals surface area contributed by atoms with Gasteiger partial charge in [-0.15, -0.1) is 0 Å². The van der Waals surface area contributed by atoms with Crippen molar-refractivity contribution >= 4 is 11.9 Å². The smallest absolute Gasteiger partial charge is 0.304 e. The molecular formula is C9H18N2O3. The molecule has 0 rings (SSSR count). The molecule has 1 atom stereocenters. The molecule has 0 radical (unpaired) electrons. The van der Waals surface area contributed by atoms with Crippen molar-refractivity contribution in [1.82, 2.24) is 10.2 Å². The highest BCUT2D eigenvalue weighted by Gasteiger charge is 2.15. The monoisotopic (exact) mass is 202 g/mol. The Balaban J connectivity index is 3.67. The summed E-state index contributed by atoms with van der Waals surface area (Å²) in [4.78, 5) is 23.5. The molecule has 0 heterocycles. The van der Waals surface area contributed by atoms with Crippen LogP contribution in [0.25, 0.3) is 0 Å². The van der Waals surface area contributed by atoms with E-state index in [0.29, 0.717) is 6.54 Å². The van der Waals surface area contributed by atoms with Gasteiger partial charge < -0.3 is 15.3 Å². The number of aliphatic carboxylic acids is 1. The molecule has 0 aliphatic carbocycles. The van der Waals surface area contributed by atoms with Crippen molar-refractivity contribution in [2.45, 2.75) is 13.3 Å². The van der Waals surface area contributed by atoms with Crippen LogP contribution in [0, 0.1) is 5.92 Å². The maximum absolute atomic E-state index is 11.3. The van der Waals surface area contributed by atoms with Crippen molar-refractivity contribution in [3.05, 3.63) is 0 Å². The number of nitrogens with one attached hydrogen (secondary N) is 1. The Kier molecular flexibility index (Phi) is 5.87. The van der Waals surface area contributed by atoms with E-state index in [2.05, 4.69) is 5.32 Å². The molecule has 14 heavy (non-hydrogen) atoms. The number of likely N-dealkylation sites (N-methyl/N-ethyl adjacent to an activating group) is 1. The van der Waals surface area contributed by atoms with E-state index in [9.17, 15) is 9.59 Å². The van der Waals surface area contributed by atoms with Gasteiger partial charge in [-0.25, -0.2) is 0 Å². The number of carbonyl (C=O) groups is 2. The minimum Gasteiger partial charge on any atom is -0.481 e. The van der Waals surface area contributed by atoms with E-state index in [4.69, 9.17) is 5.11 Å². The van der Waals surface area contributed by atoms with Crippen molar-refractivity contribution in [1.29, 1.82) is 0 Å². The van der Waals surface area contributed by atoms with Gasteiger partial charge in [0.1, 0.15) is 0 Å². The van der Waals surface area contributed by atoms with E-state index >= 15 is 0 Å². The Morgan fingerprint density at radius 1 is 1.43 bits per heavy atom.